The van der Waals surface area contributed by atoms with Crippen molar-refractivity contribution in [3.8, 4) is 0 Å². The Kier molecular flexibility index (Phi) is 6.22. The summed E-state index contributed by atoms with van der Waals surface area (Å²) in [5, 5.41) is 0. The number of thioether (sulfide) groups is 1. The molecule has 34 heavy (non-hydrogen) atoms. The van der Waals surface area contributed by atoms with Crippen molar-refractivity contribution in [2.24, 2.45) is 0 Å². The Morgan fingerprint density at radius 2 is 1.85 bits per heavy atom. The molecule has 1 aromatic carbocycles. The van der Waals surface area contributed by atoms with Crippen molar-refractivity contribution in [3.05, 3.63) is 80.4 Å². The van der Waals surface area contributed by atoms with E-state index in [9.17, 15) is 14.0 Å². The van der Waals surface area contributed by atoms with Crippen molar-refractivity contribution in [1.82, 2.24) is 14.3 Å². The first kappa shape index (κ1) is 22.7. The minimum atomic E-state index is -0.334. The largest absolute Gasteiger partial charge is 0.356 e. The van der Waals surface area contributed by atoms with Crippen LogP contribution < -0.4 is 10.5 Å². The van der Waals surface area contributed by atoms with Crippen LogP contribution in [0.3, 0.4) is 0 Å². The second-order valence-corrected chi connectivity index (χ2v) is 10.2. The van der Waals surface area contributed by atoms with Crippen LogP contribution in [0.25, 0.3) is 11.7 Å². The Hall–Kier alpha value is -3.04. The molecule has 2 aromatic heterocycles. The number of nitrogens with zero attached hydrogens (tertiary/aromatic N) is 4. The predicted molar refractivity (Wildman–Crippen MR) is 137 cm³/mol. The number of carbonyl (C=O) groups is 1. The number of anilines is 1. The highest BCUT2D eigenvalue weighted by molar-refractivity contribution is 8.26. The van der Waals surface area contributed by atoms with Crippen molar-refractivity contribution >= 4 is 51.7 Å². The summed E-state index contributed by atoms with van der Waals surface area (Å²) in [5.74, 6) is 0.0132. The number of hydrogen-bond acceptors (Lipinski definition) is 6. The molecule has 6 nitrogen and oxygen atoms in total. The number of hydrogen-bond donors (Lipinski definition) is 0. The molecule has 0 bridgehead atoms. The van der Waals surface area contributed by atoms with Gasteiger partial charge in [0.15, 0.2) is 0 Å². The van der Waals surface area contributed by atoms with Gasteiger partial charge in [0.05, 0.1) is 17.0 Å². The SMILES string of the molecule is Cc1cccn2c(=O)c(C=C3SC(=S)N(Cc4ccc(F)cc4)C3=O)c(N3CCCCC3)nc12. The van der Waals surface area contributed by atoms with Gasteiger partial charge in [-0.15, -0.1) is 0 Å². The molecule has 174 valence electrons. The number of aryl methyl sites for hydroxylation is 1. The monoisotopic (exact) mass is 494 g/mol. The lowest BCUT2D eigenvalue weighted by Crippen LogP contribution is -2.33. The third-order valence-electron chi connectivity index (χ3n) is 6.12. The highest BCUT2D eigenvalue weighted by Crippen LogP contribution is 2.35. The van der Waals surface area contributed by atoms with Gasteiger partial charge in [-0.05, 0) is 61.6 Å². The van der Waals surface area contributed by atoms with Crippen LogP contribution in [-0.2, 0) is 11.3 Å². The minimum Gasteiger partial charge on any atom is -0.356 e. The molecule has 2 saturated heterocycles. The van der Waals surface area contributed by atoms with E-state index in [1.807, 2.05) is 19.1 Å². The number of pyridine rings is 1. The lowest BCUT2D eigenvalue weighted by atomic mass is 10.1. The summed E-state index contributed by atoms with van der Waals surface area (Å²) < 4.78 is 15.2. The van der Waals surface area contributed by atoms with Crippen LogP contribution in [-0.4, -0.2) is 37.6 Å². The van der Waals surface area contributed by atoms with Crippen LogP contribution in [0.1, 0.15) is 36.0 Å². The number of piperidine rings is 1. The molecular formula is C25H23FN4O2S2. The summed E-state index contributed by atoms with van der Waals surface area (Å²) in [6.45, 7) is 3.82. The maximum atomic E-state index is 13.6. The van der Waals surface area contributed by atoms with Gasteiger partial charge in [0, 0.05) is 19.3 Å². The first-order valence-electron chi connectivity index (χ1n) is 11.2. The summed E-state index contributed by atoms with van der Waals surface area (Å²) in [6, 6.07) is 9.73. The van der Waals surface area contributed by atoms with Crippen LogP contribution in [0.4, 0.5) is 10.2 Å². The van der Waals surface area contributed by atoms with Gasteiger partial charge in [-0.25, -0.2) is 9.37 Å². The fourth-order valence-corrected chi connectivity index (χ4v) is 5.55. The summed E-state index contributed by atoms with van der Waals surface area (Å²) >= 11 is 6.64. The standard InChI is InChI=1S/C25H23FN4O2S2/c1-16-6-5-13-29-21(16)27-22(28-11-3-2-4-12-28)19(23(29)31)14-20-24(32)30(25(33)34-20)15-17-7-9-18(26)10-8-17/h5-10,13-14H,2-4,11-12,15H2,1H3. The normalized spacial score (nSPS) is 17.9. The van der Waals surface area contributed by atoms with E-state index in [0.29, 0.717) is 26.3 Å². The fourth-order valence-electron chi connectivity index (χ4n) is 4.31. The zero-order valence-corrected chi connectivity index (χ0v) is 20.3. The number of benzene rings is 1. The van der Waals surface area contributed by atoms with Crippen LogP contribution in [0.2, 0.25) is 0 Å². The summed E-state index contributed by atoms with van der Waals surface area (Å²) in [4.78, 5) is 35.7. The summed E-state index contributed by atoms with van der Waals surface area (Å²) in [5.41, 5.74) is 2.49. The maximum absolute atomic E-state index is 13.6. The number of halogens is 1. The second-order valence-electron chi connectivity index (χ2n) is 8.48. The van der Waals surface area contributed by atoms with Gasteiger partial charge in [0.25, 0.3) is 11.5 Å². The van der Waals surface area contributed by atoms with Gasteiger partial charge in [0.2, 0.25) is 0 Å². The van der Waals surface area contributed by atoms with E-state index in [2.05, 4.69) is 4.90 Å². The molecular weight excluding hydrogens is 471 g/mol. The van der Waals surface area contributed by atoms with Crippen LogP contribution in [0.15, 0.2) is 52.3 Å². The first-order chi connectivity index (χ1) is 16.4. The number of rotatable bonds is 4. The quantitative estimate of drug-likeness (QED) is 0.392. The van der Waals surface area contributed by atoms with E-state index >= 15 is 0 Å². The van der Waals surface area contributed by atoms with E-state index in [1.165, 1.54) is 33.2 Å². The van der Waals surface area contributed by atoms with E-state index in [4.69, 9.17) is 17.2 Å². The van der Waals surface area contributed by atoms with Crippen molar-refractivity contribution in [1.29, 1.82) is 0 Å². The zero-order valence-electron chi connectivity index (χ0n) is 18.7. The highest BCUT2D eigenvalue weighted by Gasteiger charge is 2.33. The number of thiocarbonyl (C=S) groups is 1. The van der Waals surface area contributed by atoms with Gasteiger partial charge in [0.1, 0.15) is 21.6 Å². The molecule has 2 aliphatic rings. The Morgan fingerprint density at radius 1 is 1.12 bits per heavy atom. The number of fused-ring (bicyclic) bond motifs is 1. The molecule has 5 rings (SSSR count). The van der Waals surface area contributed by atoms with Crippen molar-refractivity contribution in [2.75, 3.05) is 18.0 Å². The highest BCUT2D eigenvalue weighted by atomic mass is 32.2. The predicted octanol–water partition coefficient (Wildman–Crippen LogP) is 4.53. The summed E-state index contributed by atoms with van der Waals surface area (Å²) in [6.07, 6.45) is 6.56. The van der Waals surface area contributed by atoms with Gasteiger partial charge >= 0.3 is 0 Å². The second kappa shape index (κ2) is 9.31. The van der Waals surface area contributed by atoms with Gasteiger partial charge in [-0.1, -0.05) is 42.2 Å². The van der Waals surface area contributed by atoms with Crippen molar-refractivity contribution in [2.45, 2.75) is 32.7 Å². The molecule has 1 amide bonds. The molecule has 3 aromatic rings. The molecule has 2 fully saturated rings. The van der Waals surface area contributed by atoms with Crippen LogP contribution >= 0.6 is 24.0 Å². The molecule has 9 heteroatoms. The van der Waals surface area contributed by atoms with Crippen molar-refractivity contribution in [3.63, 3.8) is 0 Å². The van der Waals surface area contributed by atoms with Gasteiger partial charge in [-0.3, -0.25) is 18.9 Å². The van der Waals surface area contributed by atoms with E-state index < -0.39 is 0 Å². The van der Waals surface area contributed by atoms with E-state index in [1.54, 1.807) is 24.4 Å². The van der Waals surface area contributed by atoms with Gasteiger partial charge < -0.3 is 4.90 Å². The number of aromatic nitrogens is 2. The molecule has 0 atom stereocenters. The Bertz CT molecular complexity index is 1380. The van der Waals surface area contributed by atoms with Crippen molar-refractivity contribution < 1.29 is 9.18 Å². The Balaban J connectivity index is 1.57. The molecule has 0 saturated carbocycles. The first-order valence-corrected chi connectivity index (χ1v) is 12.4. The third-order valence-corrected chi connectivity index (χ3v) is 7.50. The average molecular weight is 495 g/mol. The smallest absolute Gasteiger partial charge is 0.267 e. The number of carbonyl (C=O) groups excluding carboxylic acids is 1. The lowest BCUT2D eigenvalue weighted by molar-refractivity contribution is -0.122. The van der Waals surface area contributed by atoms with Gasteiger partial charge in [-0.2, -0.15) is 0 Å². The lowest BCUT2D eigenvalue weighted by Gasteiger charge is -2.29. The zero-order chi connectivity index (χ0) is 23.8. The average Bonchev–Trinajstić information content (AvgIpc) is 3.10. The Morgan fingerprint density at radius 3 is 2.59 bits per heavy atom. The number of amides is 1. The topological polar surface area (TPSA) is 57.9 Å². The van der Waals surface area contributed by atoms with E-state index in [-0.39, 0.29) is 23.8 Å². The third kappa shape index (κ3) is 4.25. The molecule has 2 aliphatic heterocycles. The molecule has 4 heterocycles. The Labute approximate surface area is 206 Å². The molecule has 0 spiro atoms. The molecule has 0 aliphatic carbocycles. The summed E-state index contributed by atoms with van der Waals surface area (Å²) in [7, 11) is 0. The van der Waals surface area contributed by atoms with Crippen LogP contribution in [0, 0.1) is 12.7 Å². The molecule has 0 unspecified atom stereocenters. The fraction of sp³-hybridized carbons (Fsp3) is 0.280. The molecule has 0 radical (unpaired) electrons. The van der Waals surface area contributed by atoms with Crippen LogP contribution in [0.5, 0.6) is 0 Å². The van der Waals surface area contributed by atoms with E-state index in [0.717, 1.165) is 43.5 Å². The molecule has 0 N–H and O–H groups in total. The maximum Gasteiger partial charge on any atom is 0.267 e. The minimum absolute atomic E-state index is 0.210.